The molecule has 1 aliphatic carbocycles. The highest BCUT2D eigenvalue weighted by Crippen LogP contribution is 2.50. The van der Waals surface area contributed by atoms with Gasteiger partial charge in [0.1, 0.15) is 6.07 Å². The highest BCUT2D eigenvalue weighted by atomic mass is 16.1. The number of rotatable bonds is 5. The lowest BCUT2D eigenvalue weighted by Gasteiger charge is -2.38. The lowest BCUT2D eigenvalue weighted by molar-refractivity contribution is -0.116. The highest BCUT2D eigenvalue weighted by molar-refractivity contribution is 6.03. The fourth-order valence-electron chi connectivity index (χ4n) is 4.24. The third-order valence-corrected chi connectivity index (χ3v) is 5.42. The molecule has 0 bridgehead atoms. The van der Waals surface area contributed by atoms with Crippen molar-refractivity contribution < 1.29 is 4.79 Å². The minimum absolute atomic E-state index is 0.153. The van der Waals surface area contributed by atoms with Crippen LogP contribution in [0.25, 0.3) is 0 Å². The van der Waals surface area contributed by atoms with Gasteiger partial charge in [-0.25, -0.2) is 0 Å². The number of carbonyl (C=O) groups excluding carboxylic acids is 1. The Morgan fingerprint density at radius 2 is 1.85 bits per heavy atom. The van der Waals surface area contributed by atoms with Crippen LogP contribution in [0.1, 0.15) is 44.6 Å². The van der Waals surface area contributed by atoms with Crippen LogP contribution in [0.4, 0.5) is 0 Å². The van der Waals surface area contributed by atoms with Gasteiger partial charge in [-0.2, -0.15) is 10.5 Å². The predicted molar refractivity (Wildman–Crippen MR) is 103 cm³/mol. The van der Waals surface area contributed by atoms with E-state index in [1.165, 1.54) is 0 Å². The van der Waals surface area contributed by atoms with Crippen molar-refractivity contribution in [3.8, 4) is 12.1 Å². The van der Waals surface area contributed by atoms with Crippen LogP contribution in [0.2, 0.25) is 0 Å². The molecule has 0 amide bonds. The molecule has 1 aromatic rings. The van der Waals surface area contributed by atoms with Gasteiger partial charge in [0.2, 0.25) is 0 Å². The number of likely N-dealkylation sites (tertiary alicyclic amines) is 1. The number of Topliss-reactive ketones (excluding diaryl/α,β-unsaturated/α-hetero) is 1. The molecule has 0 spiro atoms. The lowest BCUT2D eigenvalue weighted by atomic mass is 9.72. The molecule has 1 aromatic carbocycles. The number of carbonyl (C=O) groups is 1. The van der Waals surface area contributed by atoms with E-state index in [0.29, 0.717) is 24.1 Å². The van der Waals surface area contributed by atoms with Gasteiger partial charge in [-0.05, 0) is 31.2 Å². The number of benzene rings is 1. The number of hydrogen-bond acceptors (Lipinski definition) is 5. The van der Waals surface area contributed by atoms with E-state index in [-0.39, 0.29) is 22.6 Å². The smallest absolute Gasteiger partial charge is 0.163 e. The quantitative estimate of drug-likeness (QED) is 0.869. The van der Waals surface area contributed by atoms with E-state index in [2.05, 4.69) is 17.0 Å². The number of hydrogen-bond donors (Lipinski definition) is 1. The van der Waals surface area contributed by atoms with Crippen molar-refractivity contribution in [1.82, 2.24) is 4.90 Å². The van der Waals surface area contributed by atoms with Crippen LogP contribution in [-0.2, 0) is 10.2 Å². The second-order valence-corrected chi connectivity index (χ2v) is 7.07. The second-order valence-electron chi connectivity index (χ2n) is 7.07. The maximum absolute atomic E-state index is 13.0. The van der Waals surface area contributed by atoms with Crippen molar-refractivity contribution in [3.05, 3.63) is 58.4 Å². The highest BCUT2D eigenvalue weighted by Gasteiger charge is 2.53. The molecule has 2 aliphatic rings. The summed E-state index contributed by atoms with van der Waals surface area (Å²) in [6.07, 6.45) is 4.08. The molecule has 1 heterocycles. The van der Waals surface area contributed by atoms with Crippen molar-refractivity contribution >= 4 is 5.78 Å². The third-order valence-electron chi connectivity index (χ3n) is 5.42. The first-order valence-corrected chi connectivity index (χ1v) is 9.52. The van der Waals surface area contributed by atoms with Crippen molar-refractivity contribution in [3.63, 3.8) is 0 Å². The van der Waals surface area contributed by atoms with E-state index in [1.54, 1.807) is 0 Å². The van der Waals surface area contributed by atoms with Gasteiger partial charge in [0, 0.05) is 19.5 Å². The Balaban J connectivity index is 2.30. The van der Waals surface area contributed by atoms with Gasteiger partial charge in [0.15, 0.2) is 11.2 Å². The SMILES string of the molecule is CCCC(=O)C1=C(N)C(C#N)=C(N2CCCCC2)C1(C#N)c1ccccc1. The third kappa shape index (κ3) is 2.90. The Bertz CT molecular complexity index is 879. The minimum atomic E-state index is -1.32. The fraction of sp³-hybridized carbons (Fsp3) is 0.409. The Morgan fingerprint density at radius 3 is 2.41 bits per heavy atom. The summed E-state index contributed by atoms with van der Waals surface area (Å²) in [5.41, 5.74) is 7.04. The zero-order chi connectivity index (χ0) is 19.4. The van der Waals surface area contributed by atoms with Crippen molar-refractivity contribution in [2.45, 2.75) is 44.4 Å². The molecule has 1 fully saturated rings. The van der Waals surface area contributed by atoms with E-state index in [0.717, 1.165) is 32.4 Å². The molecular formula is C22H24N4O. The number of ketones is 1. The fourth-order valence-corrected chi connectivity index (χ4v) is 4.24. The van der Waals surface area contributed by atoms with Gasteiger partial charge in [-0.15, -0.1) is 0 Å². The minimum Gasteiger partial charge on any atom is -0.397 e. The first-order chi connectivity index (χ1) is 13.1. The molecule has 27 heavy (non-hydrogen) atoms. The normalized spacial score (nSPS) is 22.6. The second kappa shape index (κ2) is 7.68. The number of piperidine rings is 1. The molecule has 1 unspecified atom stereocenters. The van der Waals surface area contributed by atoms with Gasteiger partial charge in [0.25, 0.3) is 0 Å². The maximum Gasteiger partial charge on any atom is 0.163 e. The molecule has 5 heteroatoms. The van der Waals surface area contributed by atoms with Gasteiger partial charge < -0.3 is 10.6 Å². The van der Waals surface area contributed by atoms with Crippen LogP contribution in [0.5, 0.6) is 0 Å². The van der Waals surface area contributed by atoms with Crippen molar-refractivity contribution in [2.75, 3.05) is 13.1 Å². The van der Waals surface area contributed by atoms with Gasteiger partial charge >= 0.3 is 0 Å². The maximum atomic E-state index is 13.0. The van der Waals surface area contributed by atoms with Crippen LogP contribution >= 0.6 is 0 Å². The molecule has 3 rings (SSSR count). The first kappa shape index (κ1) is 18.7. The summed E-state index contributed by atoms with van der Waals surface area (Å²) >= 11 is 0. The Labute approximate surface area is 160 Å². The molecule has 1 atom stereocenters. The molecule has 1 aliphatic heterocycles. The summed E-state index contributed by atoms with van der Waals surface area (Å²) in [5, 5.41) is 20.3. The molecule has 0 radical (unpaired) electrons. The van der Waals surface area contributed by atoms with Crippen LogP contribution < -0.4 is 5.73 Å². The molecule has 0 aromatic heterocycles. The monoisotopic (exact) mass is 360 g/mol. The van der Waals surface area contributed by atoms with Crippen LogP contribution in [0, 0.1) is 22.7 Å². The van der Waals surface area contributed by atoms with Gasteiger partial charge in [-0.1, -0.05) is 37.3 Å². The zero-order valence-electron chi connectivity index (χ0n) is 15.7. The number of allylic oxidation sites excluding steroid dienone is 2. The lowest BCUT2D eigenvalue weighted by Crippen LogP contribution is -2.41. The predicted octanol–water partition coefficient (Wildman–Crippen LogP) is 3.31. The van der Waals surface area contributed by atoms with Crippen molar-refractivity contribution in [2.24, 2.45) is 5.73 Å². The number of nitriles is 2. The summed E-state index contributed by atoms with van der Waals surface area (Å²) in [4.78, 5) is 15.1. The Kier molecular flexibility index (Phi) is 5.33. The molecular weight excluding hydrogens is 336 g/mol. The standard InChI is InChI=1S/C22H24N4O/c1-2-9-18(27)19-20(25)17(14-23)21(26-12-7-4-8-13-26)22(19,15-24)16-10-5-3-6-11-16/h3,5-6,10-11H,2,4,7-9,12-13,25H2,1H3. The van der Waals surface area contributed by atoms with E-state index < -0.39 is 5.41 Å². The van der Waals surface area contributed by atoms with E-state index >= 15 is 0 Å². The number of nitrogens with zero attached hydrogens (tertiary/aromatic N) is 3. The average molecular weight is 360 g/mol. The Morgan fingerprint density at radius 1 is 1.19 bits per heavy atom. The average Bonchev–Trinajstić information content (AvgIpc) is 2.98. The van der Waals surface area contributed by atoms with Crippen LogP contribution in [-0.4, -0.2) is 23.8 Å². The summed E-state index contributed by atoms with van der Waals surface area (Å²) in [5.74, 6) is -0.153. The molecule has 5 nitrogen and oxygen atoms in total. The van der Waals surface area contributed by atoms with Crippen molar-refractivity contribution in [1.29, 1.82) is 10.5 Å². The van der Waals surface area contributed by atoms with Gasteiger partial charge in [-0.3, -0.25) is 4.79 Å². The topological polar surface area (TPSA) is 93.9 Å². The zero-order valence-corrected chi connectivity index (χ0v) is 15.7. The van der Waals surface area contributed by atoms with Crippen LogP contribution in [0.3, 0.4) is 0 Å². The first-order valence-electron chi connectivity index (χ1n) is 9.52. The summed E-state index contributed by atoms with van der Waals surface area (Å²) < 4.78 is 0. The molecule has 1 saturated heterocycles. The van der Waals surface area contributed by atoms with Crippen LogP contribution in [0.15, 0.2) is 52.9 Å². The van der Waals surface area contributed by atoms with E-state index in [4.69, 9.17) is 5.73 Å². The Hall–Kier alpha value is -3.05. The molecule has 0 saturated carbocycles. The molecule has 2 N–H and O–H groups in total. The van der Waals surface area contributed by atoms with E-state index in [1.807, 2.05) is 37.3 Å². The number of nitrogens with two attached hydrogens (primary N) is 1. The summed E-state index contributed by atoms with van der Waals surface area (Å²) in [6, 6.07) is 13.9. The van der Waals surface area contributed by atoms with Gasteiger partial charge in [0.05, 0.1) is 28.6 Å². The largest absolute Gasteiger partial charge is 0.397 e. The van der Waals surface area contributed by atoms with E-state index in [9.17, 15) is 15.3 Å². The summed E-state index contributed by atoms with van der Waals surface area (Å²) in [6.45, 7) is 3.45. The summed E-state index contributed by atoms with van der Waals surface area (Å²) in [7, 11) is 0. The molecule has 138 valence electrons.